The van der Waals surface area contributed by atoms with Gasteiger partial charge in [0, 0.05) is 31.2 Å². The summed E-state index contributed by atoms with van der Waals surface area (Å²) < 4.78 is 24.7. The Hall–Kier alpha value is -1.13. The molecule has 0 amide bonds. The van der Waals surface area contributed by atoms with Gasteiger partial charge in [0.15, 0.2) is 0 Å². The lowest BCUT2D eigenvalue weighted by Crippen LogP contribution is -2.30. The van der Waals surface area contributed by atoms with Gasteiger partial charge in [-0.05, 0) is 32.3 Å². The van der Waals surface area contributed by atoms with E-state index in [1.165, 1.54) is 12.1 Å². The Kier molecular flexibility index (Phi) is 4.77. The first-order valence-corrected chi connectivity index (χ1v) is 6.84. The highest BCUT2D eigenvalue weighted by molar-refractivity contribution is 5.36. The fourth-order valence-electron chi connectivity index (χ4n) is 2.59. The molecule has 1 saturated carbocycles. The molecule has 106 valence electrons. The van der Waals surface area contributed by atoms with E-state index in [1.54, 1.807) is 13.2 Å². The summed E-state index contributed by atoms with van der Waals surface area (Å²) in [4.78, 5) is 0. The molecule has 3 nitrogen and oxygen atoms in total. The number of hydrogen-bond donors (Lipinski definition) is 1. The molecule has 1 fully saturated rings. The average molecular weight is 267 g/mol. The minimum Gasteiger partial charge on any atom is -0.490 e. The lowest BCUT2D eigenvalue weighted by molar-refractivity contribution is 0.0205. The van der Waals surface area contributed by atoms with Crippen LogP contribution in [0.25, 0.3) is 0 Å². The van der Waals surface area contributed by atoms with Crippen LogP contribution in [0.15, 0.2) is 18.2 Å². The van der Waals surface area contributed by atoms with Crippen LogP contribution in [-0.4, -0.2) is 19.3 Å². The van der Waals surface area contributed by atoms with E-state index in [9.17, 15) is 4.39 Å². The van der Waals surface area contributed by atoms with E-state index in [0.29, 0.717) is 5.75 Å². The number of halogens is 1. The highest BCUT2D eigenvalue weighted by Gasteiger charge is 2.24. The summed E-state index contributed by atoms with van der Waals surface area (Å²) >= 11 is 0. The molecule has 0 heterocycles. The zero-order valence-electron chi connectivity index (χ0n) is 11.6. The SMILES string of the molecule is COC1CCCC(Oc2cc(F)ccc2[C@H](C)N)C1. The molecule has 3 atom stereocenters. The van der Waals surface area contributed by atoms with Crippen molar-refractivity contribution in [1.82, 2.24) is 0 Å². The molecule has 2 N–H and O–H groups in total. The molecule has 19 heavy (non-hydrogen) atoms. The number of nitrogens with two attached hydrogens (primary N) is 1. The zero-order valence-corrected chi connectivity index (χ0v) is 11.6. The van der Waals surface area contributed by atoms with E-state index in [4.69, 9.17) is 15.2 Å². The molecular weight excluding hydrogens is 245 g/mol. The van der Waals surface area contributed by atoms with Crippen LogP contribution in [-0.2, 0) is 4.74 Å². The lowest BCUT2D eigenvalue weighted by Gasteiger charge is -2.29. The van der Waals surface area contributed by atoms with Crippen molar-refractivity contribution < 1.29 is 13.9 Å². The lowest BCUT2D eigenvalue weighted by atomic mass is 9.94. The summed E-state index contributed by atoms with van der Waals surface area (Å²) in [5.74, 6) is 0.273. The molecule has 1 aromatic carbocycles. The molecule has 0 radical (unpaired) electrons. The standard InChI is InChI=1S/C15H22FNO2/c1-10(17)14-7-6-11(16)8-15(14)19-13-5-3-4-12(9-13)18-2/h6-8,10,12-13H,3-5,9,17H2,1-2H3/t10-,12?,13?/m0/s1. The van der Waals surface area contributed by atoms with Crippen molar-refractivity contribution in [2.45, 2.75) is 50.9 Å². The van der Waals surface area contributed by atoms with Crippen LogP contribution < -0.4 is 10.5 Å². The summed E-state index contributed by atoms with van der Waals surface area (Å²) in [6.07, 6.45) is 4.30. The number of benzene rings is 1. The monoisotopic (exact) mass is 267 g/mol. The van der Waals surface area contributed by atoms with Gasteiger partial charge < -0.3 is 15.2 Å². The third kappa shape index (κ3) is 3.67. The molecule has 2 rings (SSSR count). The molecule has 0 bridgehead atoms. The smallest absolute Gasteiger partial charge is 0.127 e. The fourth-order valence-corrected chi connectivity index (χ4v) is 2.59. The minimum atomic E-state index is -0.293. The zero-order chi connectivity index (χ0) is 13.8. The summed E-state index contributed by atoms with van der Waals surface area (Å²) in [6, 6.07) is 4.38. The quantitative estimate of drug-likeness (QED) is 0.911. The highest BCUT2D eigenvalue weighted by atomic mass is 19.1. The van der Waals surface area contributed by atoms with E-state index in [0.717, 1.165) is 31.2 Å². The van der Waals surface area contributed by atoms with E-state index in [-0.39, 0.29) is 24.1 Å². The third-order valence-electron chi connectivity index (χ3n) is 3.67. The molecule has 0 aromatic heterocycles. The van der Waals surface area contributed by atoms with E-state index >= 15 is 0 Å². The Labute approximate surface area is 113 Å². The summed E-state index contributed by atoms with van der Waals surface area (Å²) in [5.41, 5.74) is 6.74. The van der Waals surface area contributed by atoms with Gasteiger partial charge in [0.05, 0.1) is 6.10 Å². The first-order chi connectivity index (χ1) is 9.10. The highest BCUT2D eigenvalue weighted by Crippen LogP contribution is 2.30. The second-order valence-corrected chi connectivity index (χ2v) is 5.23. The van der Waals surface area contributed by atoms with Crippen LogP contribution in [0.4, 0.5) is 4.39 Å². The van der Waals surface area contributed by atoms with E-state index in [1.807, 2.05) is 6.92 Å². The van der Waals surface area contributed by atoms with Crippen molar-refractivity contribution in [3.63, 3.8) is 0 Å². The van der Waals surface area contributed by atoms with Crippen LogP contribution in [0.1, 0.15) is 44.2 Å². The predicted octanol–water partition coefficient (Wildman–Crippen LogP) is 3.18. The van der Waals surface area contributed by atoms with Crippen molar-refractivity contribution >= 4 is 0 Å². The number of hydrogen-bond acceptors (Lipinski definition) is 3. The second-order valence-electron chi connectivity index (χ2n) is 5.23. The minimum absolute atomic E-state index is 0.0815. The van der Waals surface area contributed by atoms with Gasteiger partial charge in [0.1, 0.15) is 17.7 Å². The number of ether oxygens (including phenoxy) is 2. The Balaban J connectivity index is 2.11. The Morgan fingerprint density at radius 1 is 1.32 bits per heavy atom. The number of methoxy groups -OCH3 is 1. The summed E-state index contributed by atoms with van der Waals surface area (Å²) in [6.45, 7) is 1.87. The molecule has 2 unspecified atom stereocenters. The van der Waals surface area contributed by atoms with Crippen LogP contribution >= 0.6 is 0 Å². The van der Waals surface area contributed by atoms with Crippen molar-refractivity contribution in [3.8, 4) is 5.75 Å². The summed E-state index contributed by atoms with van der Waals surface area (Å²) in [7, 11) is 1.72. The van der Waals surface area contributed by atoms with Gasteiger partial charge in [-0.25, -0.2) is 4.39 Å². The molecule has 0 spiro atoms. The molecular formula is C15H22FNO2. The maximum absolute atomic E-state index is 13.4. The van der Waals surface area contributed by atoms with Crippen LogP contribution in [0.2, 0.25) is 0 Å². The van der Waals surface area contributed by atoms with Gasteiger partial charge in [-0.2, -0.15) is 0 Å². The largest absolute Gasteiger partial charge is 0.490 e. The predicted molar refractivity (Wildman–Crippen MR) is 72.7 cm³/mol. The van der Waals surface area contributed by atoms with Crippen LogP contribution in [0.3, 0.4) is 0 Å². The van der Waals surface area contributed by atoms with Crippen molar-refractivity contribution in [1.29, 1.82) is 0 Å². The maximum atomic E-state index is 13.4. The molecule has 1 aromatic rings. The molecule has 1 aliphatic carbocycles. The van der Waals surface area contributed by atoms with Gasteiger partial charge in [0.25, 0.3) is 0 Å². The Bertz CT molecular complexity index is 423. The fraction of sp³-hybridized carbons (Fsp3) is 0.600. The van der Waals surface area contributed by atoms with Gasteiger partial charge in [-0.15, -0.1) is 0 Å². The molecule has 1 aliphatic rings. The van der Waals surface area contributed by atoms with Crippen LogP contribution in [0, 0.1) is 5.82 Å². The molecule has 0 saturated heterocycles. The van der Waals surface area contributed by atoms with Gasteiger partial charge in [-0.3, -0.25) is 0 Å². The topological polar surface area (TPSA) is 44.5 Å². The van der Waals surface area contributed by atoms with Gasteiger partial charge in [-0.1, -0.05) is 6.07 Å². The Morgan fingerprint density at radius 3 is 2.74 bits per heavy atom. The van der Waals surface area contributed by atoms with Crippen molar-refractivity contribution in [2.75, 3.05) is 7.11 Å². The Morgan fingerprint density at radius 2 is 2.05 bits per heavy atom. The van der Waals surface area contributed by atoms with Gasteiger partial charge >= 0.3 is 0 Å². The third-order valence-corrected chi connectivity index (χ3v) is 3.67. The first-order valence-electron chi connectivity index (χ1n) is 6.84. The second kappa shape index (κ2) is 6.35. The van der Waals surface area contributed by atoms with Crippen molar-refractivity contribution in [2.24, 2.45) is 5.73 Å². The van der Waals surface area contributed by atoms with Crippen molar-refractivity contribution in [3.05, 3.63) is 29.6 Å². The van der Waals surface area contributed by atoms with E-state index in [2.05, 4.69) is 0 Å². The molecule has 0 aliphatic heterocycles. The van der Waals surface area contributed by atoms with Crippen LogP contribution in [0.5, 0.6) is 5.75 Å². The normalized spacial score (nSPS) is 25.1. The number of rotatable bonds is 4. The summed E-state index contributed by atoms with van der Waals surface area (Å²) in [5, 5.41) is 0. The van der Waals surface area contributed by atoms with E-state index < -0.39 is 0 Å². The first kappa shape index (κ1) is 14.3. The average Bonchev–Trinajstić information content (AvgIpc) is 2.38. The maximum Gasteiger partial charge on any atom is 0.127 e. The van der Waals surface area contributed by atoms with Gasteiger partial charge in [0.2, 0.25) is 0 Å². The molecule has 4 heteroatoms.